The van der Waals surface area contributed by atoms with Crippen molar-refractivity contribution in [2.24, 2.45) is 0 Å². The first-order valence-electron chi connectivity index (χ1n) is 9.71. The van der Waals surface area contributed by atoms with Gasteiger partial charge in [-0.25, -0.2) is 0 Å². The van der Waals surface area contributed by atoms with Gasteiger partial charge in [-0.2, -0.15) is 11.8 Å². The Bertz CT molecular complexity index is 417. The molecule has 152 valence electrons. The molecular formula is C19H35NO5S. The van der Waals surface area contributed by atoms with Crippen LogP contribution in [0, 0.1) is 0 Å². The summed E-state index contributed by atoms with van der Waals surface area (Å²) < 4.78 is 4.88. The predicted octanol–water partition coefficient (Wildman–Crippen LogP) is 3.42. The van der Waals surface area contributed by atoms with E-state index in [1.807, 2.05) is 6.92 Å². The fourth-order valence-corrected chi connectivity index (χ4v) is 3.83. The number of carboxylic acids is 1. The van der Waals surface area contributed by atoms with Crippen molar-refractivity contribution >= 4 is 29.5 Å². The van der Waals surface area contributed by atoms with Crippen LogP contribution >= 0.6 is 11.8 Å². The largest absolute Gasteiger partial charge is 0.480 e. The van der Waals surface area contributed by atoms with E-state index in [2.05, 4.69) is 12.2 Å². The zero-order valence-electron chi connectivity index (χ0n) is 16.4. The minimum atomic E-state index is -0.895. The number of ketones is 1. The fraction of sp³-hybridized carbons (Fsp3) is 0.842. The molecule has 0 bridgehead atoms. The van der Waals surface area contributed by atoms with E-state index in [0.29, 0.717) is 51.0 Å². The number of unbranched alkanes of at least 4 members (excludes halogenated alkanes) is 2. The van der Waals surface area contributed by atoms with Crippen molar-refractivity contribution in [1.29, 1.82) is 0 Å². The van der Waals surface area contributed by atoms with E-state index >= 15 is 0 Å². The summed E-state index contributed by atoms with van der Waals surface area (Å²) in [5.74, 6) is -0.215. The summed E-state index contributed by atoms with van der Waals surface area (Å²) in [4.78, 5) is 34.7. The summed E-state index contributed by atoms with van der Waals surface area (Å²) in [5.41, 5.74) is 0. The van der Waals surface area contributed by atoms with E-state index in [0.717, 1.165) is 19.3 Å². The second kappa shape index (κ2) is 16.1. The van der Waals surface area contributed by atoms with Crippen molar-refractivity contribution in [2.45, 2.75) is 83.4 Å². The van der Waals surface area contributed by atoms with Crippen molar-refractivity contribution in [2.75, 3.05) is 18.9 Å². The van der Waals surface area contributed by atoms with Gasteiger partial charge in [0.25, 0.3) is 0 Å². The van der Waals surface area contributed by atoms with Crippen LogP contribution in [0.1, 0.15) is 72.1 Å². The van der Waals surface area contributed by atoms with Crippen LogP contribution in [-0.4, -0.2) is 53.0 Å². The molecule has 7 heteroatoms. The number of carbonyl (C=O) groups excluding carboxylic acids is 2. The maximum Gasteiger partial charge on any atom is 0.321 e. The highest BCUT2D eigenvalue weighted by molar-refractivity contribution is 8.00. The van der Waals surface area contributed by atoms with E-state index in [-0.39, 0.29) is 17.0 Å². The molecular weight excluding hydrogens is 354 g/mol. The highest BCUT2D eigenvalue weighted by Crippen LogP contribution is 2.20. The smallest absolute Gasteiger partial charge is 0.321 e. The van der Waals surface area contributed by atoms with Gasteiger partial charge in [0.1, 0.15) is 11.8 Å². The molecule has 0 amide bonds. The highest BCUT2D eigenvalue weighted by Gasteiger charge is 2.26. The lowest BCUT2D eigenvalue weighted by molar-refractivity contribution is -0.143. The number of rotatable bonds is 17. The third-order valence-corrected chi connectivity index (χ3v) is 5.59. The molecule has 0 rings (SSSR count). The van der Waals surface area contributed by atoms with Crippen LogP contribution in [0.5, 0.6) is 0 Å². The average Bonchev–Trinajstić information content (AvgIpc) is 2.60. The van der Waals surface area contributed by atoms with Gasteiger partial charge in [0, 0.05) is 31.1 Å². The lowest BCUT2D eigenvalue weighted by Gasteiger charge is -2.23. The van der Waals surface area contributed by atoms with Crippen LogP contribution < -0.4 is 5.32 Å². The quantitative estimate of drug-likeness (QED) is 0.291. The molecule has 6 nitrogen and oxygen atoms in total. The van der Waals surface area contributed by atoms with Crippen LogP contribution in [0.4, 0.5) is 0 Å². The van der Waals surface area contributed by atoms with Gasteiger partial charge in [-0.3, -0.25) is 14.4 Å². The molecule has 2 N–H and O–H groups in total. The van der Waals surface area contributed by atoms with Crippen LogP contribution in [0.25, 0.3) is 0 Å². The lowest BCUT2D eigenvalue weighted by Crippen LogP contribution is -2.45. The average molecular weight is 390 g/mol. The van der Waals surface area contributed by atoms with Crippen molar-refractivity contribution in [1.82, 2.24) is 5.32 Å². The summed E-state index contributed by atoms with van der Waals surface area (Å²) in [6, 6.07) is -0.684. The van der Waals surface area contributed by atoms with E-state index in [4.69, 9.17) is 4.74 Å². The number of carboxylic acid groups (broad SMARTS) is 1. The van der Waals surface area contributed by atoms with Crippen LogP contribution in [0.3, 0.4) is 0 Å². The highest BCUT2D eigenvalue weighted by atomic mass is 32.2. The summed E-state index contributed by atoms with van der Waals surface area (Å²) in [7, 11) is 0. The zero-order valence-corrected chi connectivity index (χ0v) is 17.2. The number of thioether (sulfide) groups is 1. The Morgan fingerprint density at radius 2 is 1.77 bits per heavy atom. The number of esters is 1. The van der Waals surface area contributed by atoms with Gasteiger partial charge in [-0.15, -0.1) is 0 Å². The molecule has 2 atom stereocenters. The molecule has 26 heavy (non-hydrogen) atoms. The monoisotopic (exact) mass is 389 g/mol. The summed E-state index contributed by atoms with van der Waals surface area (Å²) in [6.45, 7) is 6.60. The summed E-state index contributed by atoms with van der Waals surface area (Å²) >= 11 is 1.56. The maximum atomic E-state index is 11.8. The summed E-state index contributed by atoms with van der Waals surface area (Å²) in [5, 5.41) is 12.4. The molecule has 0 aliphatic carbocycles. The second-order valence-electron chi connectivity index (χ2n) is 6.24. The van der Waals surface area contributed by atoms with Crippen molar-refractivity contribution in [3.63, 3.8) is 0 Å². The van der Waals surface area contributed by atoms with Gasteiger partial charge in [-0.05, 0) is 31.9 Å². The van der Waals surface area contributed by atoms with Gasteiger partial charge in [0.2, 0.25) is 0 Å². The third-order valence-electron chi connectivity index (χ3n) is 4.03. The molecule has 0 radical (unpaired) electrons. The standard InChI is InChI=1S/C19H35NO5S/c1-4-7-8-10-15(21)12-13-20-18(19(23)24)16(5-2)26-14-9-11-17(22)25-6-3/h16,18,20H,4-14H2,1-3H3,(H,23,24). The molecule has 0 aliphatic heterocycles. The molecule has 0 aromatic rings. The van der Waals surface area contributed by atoms with Crippen LogP contribution in [0.2, 0.25) is 0 Å². The second-order valence-corrected chi connectivity index (χ2v) is 7.59. The Labute approximate surface area is 161 Å². The first kappa shape index (κ1) is 24.9. The number of Topliss-reactive ketones (excluding diaryl/α,β-unsaturated/α-hetero) is 1. The van der Waals surface area contributed by atoms with E-state index in [1.54, 1.807) is 18.7 Å². The van der Waals surface area contributed by atoms with Crippen molar-refractivity contribution < 1.29 is 24.2 Å². The van der Waals surface area contributed by atoms with Crippen LogP contribution in [-0.2, 0) is 19.1 Å². The number of ether oxygens (including phenoxy) is 1. The van der Waals surface area contributed by atoms with Gasteiger partial charge in [0.05, 0.1) is 6.61 Å². The van der Waals surface area contributed by atoms with Crippen LogP contribution in [0.15, 0.2) is 0 Å². The van der Waals surface area contributed by atoms with Gasteiger partial charge >= 0.3 is 11.9 Å². The maximum absolute atomic E-state index is 11.8. The summed E-state index contributed by atoms with van der Waals surface area (Å²) in [6.07, 6.45) is 5.72. The van der Waals surface area contributed by atoms with E-state index < -0.39 is 12.0 Å². The van der Waals surface area contributed by atoms with E-state index in [1.165, 1.54) is 0 Å². The molecule has 0 spiro atoms. The molecule has 0 aliphatic rings. The minimum Gasteiger partial charge on any atom is -0.480 e. The molecule has 2 unspecified atom stereocenters. The fourth-order valence-electron chi connectivity index (χ4n) is 2.58. The van der Waals surface area contributed by atoms with Gasteiger partial charge in [-0.1, -0.05) is 26.7 Å². The zero-order chi connectivity index (χ0) is 19.8. The van der Waals surface area contributed by atoms with Gasteiger partial charge in [0.15, 0.2) is 0 Å². The number of aliphatic carboxylic acids is 1. The number of hydrogen-bond donors (Lipinski definition) is 2. The molecule has 0 saturated carbocycles. The molecule has 0 saturated heterocycles. The number of carbonyl (C=O) groups is 3. The number of hydrogen-bond acceptors (Lipinski definition) is 6. The normalized spacial score (nSPS) is 13.2. The lowest BCUT2D eigenvalue weighted by atomic mass is 10.1. The Kier molecular flexibility index (Phi) is 15.5. The first-order chi connectivity index (χ1) is 12.5. The molecule has 0 aromatic carbocycles. The first-order valence-corrected chi connectivity index (χ1v) is 10.8. The third kappa shape index (κ3) is 12.3. The Morgan fingerprint density at radius 3 is 2.35 bits per heavy atom. The molecule has 0 fully saturated rings. The SMILES string of the molecule is CCCCCC(=O)CCNC(C(=O)O)C(CC)SCCCC(=O)OCC. The predicted molar refractivity (Wildman–Crippen MR) is 106 cm³/mol. The van der Waals surface area contributed by atoms with Crippen molar-refractivity contribution in [3.05, 3.63) is 0 Å². The Hall–Kier alpha value is -1.08. The Morgan fingerprint density at radius 1 is 1.04 bits per heavy atom. The Balaban J connectivity index is 4.22. The molecule has 0 heterocycles. The topological polar surface area (TPSA) is 92.7 Å². The molecule has 0 aromatic heterocycles. The minimum absolute atomic E-state index is 0.0927. The van der Waals surface area contributed by atoms with Gasteiger partial charge < -0.3 is 15.2 Å². The number of nitrogens with one attached hydrogen (secondary N) is 1. The van der Waals surface area contributed by atoms with Crippen molar-refractivity contribution in [3.8, 4) is 0 Å². The van der Waals surface area contributed by atoms with E-state index in [9.17, 15) is 19.5 Å².